The highest BCUT2D eigenvalue weighted by Gasteiger charge is 2.06. The summed E-state index contributed by atoms with van der Waals surface area (Å²) < 4.78 is 6.49. The molecule has 1 aromatic carbocycles. The number of hydrogen-bond donors (Lipinski definition) is 0. The van der Waals surface area contributed by atoms with Crippen molar-refractivity contribution in [3.05, 3.63) is 51.6 Å². The summed E-state index contributed by atoms with van der Waals surface area (Å²) in [5, 5.41) is 0.684. The SMILES string of the molecule is Cc1ccnc(Oc2ccc(Cl)cc2)c1Br. The molecule has 0 atom stereocenters. The molecule has 0 spiro atoms. The summed E-state index contributed by atoms with van der Waals surface area (Å²) >= 11 is 9.23. The zero-order valence-corrected chi connectivity index (χ0v) is 10.9. The minimum absolute atomic E-state index is 0.558. The molecule has 82 valence electrons. The molecule has 0 bridgehead atoms. The van der Waals surface area contributed by atoms with Crippen molar-refractivity contribution in [3.63, 3.8) is 0 Å². The zero-order chi connectivity index (χ0) is 11.5. The number of hydrogen-bond acceptors (Lipinski definition) is 2. The van der Waals surface area contributed by atoms with E-state index in [4.69, 9.17) is 16.3 Å². The monoisotopic (exact) mass is 297 g/mol. The van der Waals surface area contributed by atoms with Crippen LogP contribution in [0.2, 0.25) is 5.02 Å². The lowest BCUT2D eigenvalue weighted by Gasteiger charge is -2.07. The molecule has 4 heteroatoms. The quantitative estimate of drug-likeness (QED) is 0.808. The van der Waals surface area contributed by atoms with E-state index >= 15 is 0 Å². The summed E-state index contributed by atoms with van der Waals surface area (Å²) in [4.78, 5) is 4.15. The van der Waals surface area contributed by atoms with Crippen LogP contribution < -0.4 is 4.74 Å². The highest BCUT2D eigenvalue weighted by molar-refractivity contribution is 9.10. The molecule has 2 aromatic rings. The number of ether oxygens (including phenoxy) is 1. The van der Waals surface area contributed by atoms with Crippen molar-refractivity contribution < 1.29 is 4.74 Å². The summed E-state index contributed by atoms with van der Waals surface area (Å²) in [6.45, 7) is 1.99. The van der Waals surface area contributed by atoms with E-state index in [2.05, 4.69) is 20.9 Å². The number of benzene rings is 1. The zero-order valence-electron chi connectivity index (χ0n) is 8.58. The summed E-state index contributed by atoms with van der Waals surface area (Å²) in [6.07, 6.45) is 1.71. The van der Waals surface area contributed by atoms with Gasteiger partial charge in [-0.1, -0.05) is 11.6 Å². The van der Waals surface area contributed by atoms with Crippen LogP contribution in [0, 0.1) is 6.92 Å². The number of rotatable bonds is 2. The third-order valence-corrected chi connectivity index (χ3v) is 3.30. The average Bonchev–Trinajstić information content (AvgIpc) is 2.28. The Morgan fingerprint density at radius 2 is 1.88 bits per heavy atom. The van der Waals surface area contributed by atoms with Gasteiger partial charge in [-0.3, -0.25) is 0 Å². The van der Waals surface area contributed by atoms with Crippen LogP contribution in [0.25, 0.3) is 0 Å². The van der Waals surface area contributed by atoms with Gasteiger partial charge in [0.2, 0.25) is 5.88 Å². The largest absolute Gasteiger partial charge is 0.438 e. The molecule has 0 radical (unpaired) electrons. The van der Waals surface area contributed by atoms with Crippen LogP contribution in [0.15, 0.2) is 41.0 Å². The van der Waals surface area contributed by atoms with Gasteiger partial charge in [-0.2, -0.15) is 0 Å². The molecule has 0 N–H and O–H groups in total. The van der Waals surface area contributed by atoms with Crippen LogP contribution in [-0.2, 0) is 0 Å². The smallest absolute Gasteiger partial charge is 0.233 e. The first kappa shape index (κ1) is 11.4. The van der Waals surface area contributed by atoms with Gasteiger partial charge in [0, 0.05) is 11.2 Å². The number of aromatic nitrogens is 1. The number of pyridine rings is 1. The minimum atomic E-state index is 0.558. The summed E-state index contributed by atoms with van der Waals surface area (Å²) in [5.74, 6) is 1.27. The van der Waals surface area contributed by atoms with Gasteiger partial charge < -0.3 is 4.74 Å². The normalized spacial score (nSPS) is 10.2. The molecule has 0 aliphatic heterocycles. The molecule has 0 fully saturated rings. The van der Waals surface area contributed by atoms with Crippen molar-refractivity contribution in [1.29, 1.82) is 0 Å². The van der Waals surface area contributed by atoms with Gasteiger partial charge in [0.1, 0.15) is 5.75 Å². The Bertz CT molecular complexity index is 499. The minimum Gasteiger partial charge on any atom is -0.438 e. The first-order chi connectivity index (χ1) is 7.66. The molecular weight excluding hydrogens is 289 g/mol. The maximum Gasteiger partial charge on any atom is 0.233 e. The predicted octanol–water partition coefficient (Wildman–Crippen LogP) is 4.60. The fourth-order valence-corrected chi connectivity index (χ4v) is 1.64. The third kappa shape index (κ3) is 2.54. The van der Waals surface area contributed by atoms with Crippen molar-refractivity contribution in [2.24, 2.45) is 0 Å². The first-order valence-corrected chi connectivity index (χ1v) is 5.88. The van der Waals surface area contributed by atoms with Crippen LogP contribution >= 0.6 is 27.5 Å². The second-order valence-electron chi connectivity index (χ2n) is 3.30. The van der Waals surface area contributed by atoms with Gasteiger partial charge in [0.05, 0.1) is 4.47 Å². The molecule has 1 aromatic heterocycles. The van der Waals surface area contributed by atoms with Gasteiger partial charge in [0.25, 0.3) is 0 Å². The van der Waals surface area contributed by atoms with E-state index in [0.29, 0.717) is 16.7 Å². The van der Waals surface area contributed by atoms with Crippen molar-refractivity contribution in [3.8, 4) is 11.6 Å². The number of aryl methyl sites for hydroxylation is 1. The maximum atomic E-state index is 5.79. The molecule has 2 rings (SSSR count). The lowest BCUT2D eigenvalue weighted by atomic mass is 10.3. The lowest BCUT2D eigenvalue weighted by Crippen LogP contribution is -1.90. The molecule has 0 saturated carbocycles. The van der Waals surface area contributed by atoms with E-state index in [1.54, 1.807) is 30.5 Å². The van der Waals surface area contributed by atoms with Crippen molar-refractivity contribution in [2.45, 2.75) is 6.92 Å². The first-order valence-electron chi connectivity index (χ1n) is 4.71. The fourth-order valence-electron chi connectivity index (χ4n) is 1.20. The molecule has 0 unspecified atom stereocenters. The third-order valence-electron chi connectivity index (χ3n) is 2.08. The Kier molecular flexibility index (Phi) is 3.46. The highest BCUT2D eigenvalue weighted by atomic mass is 79.9. The van der Waals surface area contributed by atoms with E-state index in [1.807, 2.05) is 13.0 Å². The fraction of sp³-hybridized carbons (Fsp3) is 0.0833. The molecular formula is C12H9BrClNO. The van der Waals surface area contributed by atoms with Crippen molar-refractivity contribution >= 4 is 27.5 Å². The second kappa shape index (κ2) is 4.85. The standard InChI is InChI=1S/C12H9BrClNO/c1-8-6-7-15-12(11(8)13)16-10-4-2-9(14)3-5-10/h2-7H,1H3. The van der Waals surface area contributed by atoms with Gasteiger partial charge in [-0.05, 0) is 58.7 Å². The van der Waals surface area contributed by atoms with Crippen molar-refractivity contribution in [2.75, 3.05) is 0 Å². The molecule has 1 heterocycles. The van der Waals surface area contributed by atoms with Crippen LogP contribution in [0.4, 0.5) is 0 Å². The molecule has 0 aliphatic carbocycles. The van der Waals surface area contributed by atoms with Crippen LogP contribution in [0.5, 0.6) is 11.6 Å². The topological polar surface area (TPSA) is 22.1 Å². The van der Waals surface area contributed by atoms with E-state index in [-0.39, 0.29) is 0 Å². The van der Waals surface area contributed by atoms with E-state index in [9.17, 15) is 0 Å². The van der Waals surface area contributed by atoms with Crippen LogP contribution in [0.3, 0.4) is 0 Å². The van der Waals surface area contributed by atoms with E-state index < -0.39 is 0 Å². The number of nitrogens with zero attached hydrogens (tertiary/aromatic N) is 1. The predicted molar refractivity (Wildman–Crippen MR) is 68.2 cm³/mol. The molecule has 16 heavy (non-hydrogen) atoms. The maximum absolute atomic E-state index is 5.79. The van der Waals surface area contributed by atoms with Gasteiger partial charge >= 0.3 is 0 Å². The Morgan fingerprint density at radius 3 is 2.56 bits per heavy atom. The Labute approximate surface area is 107 Å². The highest BCUT2D eigenvalue weighted by Crippen LogP contribution is 2.30. The molecule has 0 amide bonds. The Hall–Kier alpha value is -1.06. The average molecular weight is 299 g/mol. The summed E-state index contributed by atoms with van der Waals surface area (Å²) in [5.41, 5.74) is 1.08. The number of halogens is 2. The van der Waals surface area contributed by atoms with Gasteiger partial charge in [-0.15, -0.1) is 0 Å². The van der Waals surface area contributed by atoms with E-state index in [0.717, 1.165) is 10.0 Å². The van der Waals surface area contributed by atoms with E-state index in [1.165, 1.54) is 0 Å². The Balaban J connectivity index is 2.27. The van der Waals surface area contributed by atoms with Crippen molar-refractivity contribution in [1.82, 2.24) is 4.98 Å². The molecule has 0 aliphatic rings. The molecule has 2 nitrogen and oxygen atoms in total. The van der Waals surface area contributed by atoms with Crippen LogP contribution in [0.1, 0.15) is 5.56 Å². The molecule has 0 saturated heterocycles. The Morgan fingerprint density at radius 1 is 1.19 bits per heavy atom. The second-order valence-corrected chi connectivity index (χ2v) is 4.53. The van der Waals surface area contributed by atoms with Gasteiger partial charge in [-0.25, -0.2) is 4.98 Å². The van der Waals surface area contributed by atoms with Gasteiger partial charge in [0.15, 0.2) is 0 Å². The summed E-state index contributed by atoms with van der Waals surface area (Å²) in [6, 6.07) is 9.08. The summed E-state index contributed by atoms with van der Waals surface area (Å²) in [7, 11) is 0. The lowest BCUT2D eigenvalue weighted by molar-refractivity contribution is 0.459. The van der Waals surface area contributed by atoms with Crippen LogP contribution in [-0.4, -0.2) is 4.98 Å².